The van der Waals surface area contributed by atoms with Gasteiger partial charge in [-0.25, -0.2) is 0 Å². The van der Waals surface area contributed by atoms with Crippen LogP contribution in [0.2, 0.25) is 0 Å². The van der Waals surface area contributed by atoms with Crippen molar-refractivity contribution in [3.8, 4) is 0 Å². The van der Waals surface area contributed by atoms with Crippen LogP contribution in [-0.2, 0) is 13.7 Å². The highest BCUT2D eigenvalue weighted by Gasteiger charge is 2.15. The summed E-state index contributed by atoms with van der Waals surface area (Å²) in [5.41, 5.74) is 1.02. The molecule has 1 aromatic carbocycles. The van der Waals surface area contributed by atoms with Crippen LogP contribution in [-0.4, -0.2) is 38.7 Å². The Bertz CT molecular complexity index is 482. The van der Waals surface area contributed by atoms with E-state index in [1.165, 1.54) is 0 Å². The molecule has 114 valence electrons. The van der Waals surface area contributed by atoms with Crippen molar-refractivity contribution in [2.24, 2.45) is 0 Å². The van der Waals surface area contributed by atoms with Crippen molar-refractivity contribution in [1.29, 1.82) is 0 Å². The molecule has 1 rings (SSSR count). The molecule has 0 aliphatic heterocycles. The van der Waals surface area contributed by atoms with Crippen LogP contribution < -0.4 is 0 Å². The number of hydrogen-bond donors (Lipinski definition) is 0. The Morgan fingerprint density at radius 2 is 1.75 bits per heavy atom. The van der Waals surface area contributed by atoms with Crippen LogP contribution >= 0.6 is 12.0 Å². The lowest BCUT2D eigenvalue weighted by Gasteiger charge is -2.17. The average molecular weight is 317 g/mol. The molecule has 20 heavy (non-hydrogen) atoms. The first-order valence-corrected chi connectivity index (χ1v) is 9.16. The Morgan fingerprint density at radius 3 is 2.30 bits per heavy atom. The van der Waals surface area contributed by atoms with Crippen molar-refractivity contribution >= 4 is 22.2 Å². The first-order chi connectivity index (χ1) is 9.49. The van der Waals surface area contributed by atoms with E-state index in [9.17, 15) is 8.42 Å². The summed E-state index contributed by atoms with van der Waals surface area (Å²) < 4.78 is 28.8. The van der Waals surface area contributed by atoms with Crippen molar-refractivity contribution < 1.29 is 12.0 Å². The van der Waals surface area contributed by atoms with Gasteiger partial charge in [-0.2, -0.15) is 12.0 Å². The van der Waals surface area contributed by atoms with Gasteiger partial charge in [0.1, 0.15) is 0 Å². The summed E-state index contributed by atoms with van der Waals surface area (Å²) in [6.07, 6.45) is 0.912. The largest absolute Gasteiger partial charge is 0.307 e. The molecule has 6 heteroatoms. The van der Waals surface area contributed by atoms with Crippen LogP contribution in [0.1, 0.15) is 25.8 Å². The van der Waals surface area contributed by atoms with Crippen LogP contribution in [0.3, 0.4) is 0 Å². The Hall–Kier alpha value is -0.560. The van der Waals surface area contributed by atoms with Crippen LogP contribution in [0, 0.1) is 6.92 Å². The molecular weight excluding hydrogens is 294 g/mol. The maximum atomic E-state index is 11.9. The minimum absolute atomic E-state index is 0.208. The highest BCUT2D eigenvalue weighted by molar-refractivity contribution is 8.04. The molecule has 0 amide bonds. The summed E-state index contributed by atoms with van der Waals surface area (Å²) in [4.78, 5) is 2.51. The molecule has 0 radical (unpaired) electrons. The zero-order chi connectivity index (χ0) is 15.0. The van der Waals surface area contributed by atoms with E-state index in [-0.39, 0.29) is 4.90 Å². The fraction of sp³-hybridized carbons (Fsp3) is 0.571. The van der Waals surface area contributed by atoms with Gasteiger partial charge >= 0.3 is 10.1 Å². The number of hydrogen-bond acceptors (Lipinski definition) is 5. The molecule has 0 N–H and O–H groups in total. The molecule has 0 bridgehead atoms. The zero-order valence-electron chi connectivity index (χ0n) is 12.3. The van der Waals surface area contributed by atoms with Crippen molar-refractivity contribution in [2.45, 2.75) is 32.1 Å². The van der Waals surface area contributed by atoms with E-state index in [1.54, 1.807) is 24.3 Å². The molecule has 0 unspecified atom stereocenters. The molecule has 0 saturated heterocycles. The molecule has 0 spiro atoms. The molecule has 4 nitrogen and oxygen atoms in total. The van der Waals surface area contributed by atoms with Crippen LogP contribution in [0.25, 0.3) is 0 Å². The van der Waals surface area contributed by atoms with Gasteiger partial charge in [-0.05, 0) is 45.1 Å². The number of rotatable bonds is 9. The van der Waals surface area contributed by atoms with Crippen LogP contribution in [0.4, 0.5) is 0 Å². The van der Waals surface area contributed by atoms with Crippen molar-refractivity contribution in [3.63, 3.8) is 0 Å². The lowest BCUT2D eigenvalue weighted by atomic mass is 10.2. The van der Waals surface area contributed by atoms with E-state index in [0.29, 0.717) is 5.75 Å². The highest BCUT2D eigenvalue weighted by Crippen LogP contribution is 2.19. The third-order valence-corrected chi connectivity index (χ3v) is 5.45. The average Bonchev–Trinajstić information content (AvgIpc) is 2.43. The van der Waals surface area contributed by atoms with Crippen molar-refractivity contribution in [2.75, 3.05) is 25.4 Å². The normalized spacial score (nSPS) is 12.0. The molecule has 0 heterocycles. The SMILES string of the molecule is CCN(CC)CCCSOS(=O)(=O)c1ccc(C)cc1. The van der Waals surface area contributed by atoms with Gasteiger partial charge in [0.05, 0.1) is 4.90 Å². The summed E-state index contributed by atoms with van der Waals surface area (Å²) in [5.74, 6) is 0.668. The Kier molecular flexibility index (Phi) is 7.58. The second-order valence-electron chi connectivity index (χ2n) is 4.54. The van der Waals surface area contributed by atoms with Crippen LogP contribution in [0.5, 0.6) is 0 Å². The third-order valence-electron chi connectivity index (χ3n) is 3.04. The molecule has 1 aromatic rings. The Morgan fingerprint density at radius 1 is 1.15 bits per heavy atom. The summed E-state index contributed by atoms with van der Waals surface area (Å²) in [7, 11) is -3.64. The first kappa shape index (κ1) is 17.5. The maximum Gasteiger partial charge on any atom is 0.307 e. The summed E-state index contributed by atoms with van der Waals surface area (Å²) in [6, 6.07) is 6.67. The summed E-state index contributed by atoms with van der Waals surface area (Å²) >= 11 is 1.01. The first-order valence-electron chi connectivity index (χ1n) is 6.84. The van der Waals surface area contributed by atoms with E-state index >= 15 is 0 Å². The van der Waals surface area contributed by atoms with Gasteiger partial charge in [-0.1, -0.05) is 31.5 Å². The topological polar surface area (TPSA) is 46.6 Å². The monoisotopic (exact) mass is 317 g/mol. The second-order valence-corrected chi connectivity index (χ2v) is 7.11. The smallest absolute Gasteiger partial charge is 0.304 e. The minimum atomic E-state index is -3.64. The van der Waals surface area contributed by atoms with E-state index < -0.39 is 10.1 Å². The van der Waals surface area contributed by atoms with Gasteiger partial charge in [0.15, 0.2) is 0 Å². The predicted molar refractivity (Wildman–Crippen MR) is 84.3 cm³/mol. The molecule has 0 aliphatic rings. The van der Waals surface area contributed by atoms with Gasteiger partial charge in [-0.3, -0.25) is 0 Å². The quantitative estimate of drug-likeness (QED) is 0.517. The molecule has 0 aromatic heterocycles. The van der Waals surface area contributed by atoms with Gasteiger partial charge in [-0.15, -0.1) is 0 Å². The van der Waals surface area contributed by atoms with Crippen molar-refractivity contribution in [3.05, 3.63) is 29.8 Å². The molecule has 0 saturated carbocycles. The fourth-order valence-electron chi connectivity index (χ4n) is 1.73. The predicted octanol–water partition coefficient (Wildman–Crippen LogP) is 3.08. The van der Waals surface area contributed by atoms with E-state index in [1.807, 2.05) is 6.92 Å². The Labute approximate surface area is 126 Å². The summed E-state index contributed by atoms with van der Waals surface area (Å²) in [5, 5.41) is 0. The van der Waals surface area contributed by atoms with Crippen molar-refractivity contribution in [1.82, 2.24) is 4.90 Å². The maximum absolute atomic E-state index is 11.9. The molecule has 0 atom stereocenters. The third kappa shape index (κ3) is 5.83. The standard InChI is InChI=1S/C14H23NO3S2/c1-4-15(5-2)11-6-12-19-18-20(16,17)14-9-7-13(3)8-10-14/h7-10H,4-6,11-12H2,1-3H3. The lowest BCUT2D eigenvalue weighted by Crippen LogP contribution is -2.24. The number of benzene rings is 1. The van der Waals surface area contributed by atoms with Gasteiger partial charge in [0.25, 0.3) is 0 Å². The van der Waals surface area contributed by atoms with Gasteiger partial charge in [0.2, 0.25) is 0 Å². The van der Waals surface area contributed by atoms with E-state index in [2.05, 4.69) is 18.7 Å². The van der Waals surface area contributed by atoms with Crippen LogP contribution in [0.15, 0.2) is 29.2 Å². The Balaban J connectivity index is 2.35. The summed E-state index contributed by atoms with van der Waals surface area (Å²) in [6.45, 7) is 9.16. The molecule has 0 aliphatic carbocycles. The fourth-order valence-corrected chi connectivity index (χ4v) is 3.54. The van der Waals surface area contributed by atoms with Gasteiger partial charge in [0, 0.05) is 17.8 Å². The second kappa shape index (κ2) is 8.67. The molecular formula is C14H23NO3S2. The van der Waals surface area contributed by atoms with E-state index in [4.69, 9.17) is 3.63 Å². The highest BCUT2D eigenvalue weighted by atomic mass is 32.3. The lowest BCUT2D eigenvalue weighted by molar-refractivity contribution is 0.305. The molecule has 0 fully saturated rings. The number of nitrogens with zero attached hydrogens (tertiary/aromatic N) is 1. The van der Waals surface area contributed by atoms with E-state index in [0.717, 1.165) is 43.7 Å². The number of aryl methyl sites for hydroxylation is 1. The zero-order valence-corrected chi connectivity index (χ0v) is 14.0. The minimum Gasteiger partial charge on any atom is -0.304 e. The van der Waals surface area contributed by atoms with Gasteiger partial charge < -0.3 is 4.90 Å².